The molecule has 0 aromatic rings. The van der Waals surface area contributed by atoms with Gasteiger partial charge >= 0.3 is 11.9 Å². The van der Waals surface area contributed by atoms with Crippen LogP contribution < -0.4 is 22.1 Å². The van der Waals surface area contributed by atoms with Gasteiger partial charge in [0.25, 0.3) is 0 Å². The van der Waals surface area contributed by atoms with E-state index in [2.05, 4.69) is 49.5 Å². The minimum Gasteiger partial charge on any atom is -0.481 e. The van der Waals surface area contributed by atoms with Crippen molar-refractivity contribution in [3.8, 4) is 0 Å². The quantitative estimate of drug-likeness (QED) is 0.111. The zero-order chi connectivity index (χ0) is 26.0. The number of nitrogens with zero attached hydrogens (tertiary/aromatic N) is 2. The highest BCUT2D eigenvalue weighted by Crippen LogP contribution is 2.35. The van der Waals surface area contributed by atoms with Crippen molar-refractivity contribution in [3.05, 3.63) is 0 Å². The molecule has 216 valence electrons. The Labute approximate surface area is 240 Å². The van der Waals surface area contributed by atoms with Crippen molar-refractivity contribution >= 4 is 75.3 Å². The van der Waals surface area contributed by atoms with Crippen LogP contribution in [-0.4, -0.2) is 84.5 Å². The van der Waals surface area contributed by atoms with Gasteiger partial charge in [-0.2, -0.15) is 11.8 Å². The molecule has 0 spiro atoms. The van der Waals surface area contributed by atoms with Crippen molar-refractivity contribution in [2.24, 2.45) is 21.5 Å². The number of thioether (sulfide) groups is 1. The lowest BCUT2D eigenvalue weighted by Gasteiger charge is -2.13. The highest BCUT2D eigenvalue weighted by molar-refractivity contribution is 14.2. The predicted octanol–water partition coefficient (Wildman–Crippen LogP) is 1.82. The summed E-state index contributed by atoms with van der Waals surface area (Å²) in [6, 6.07) is 0.824. The van der Waals surface area contributed by atoms with Crippen LogP contribution in [0.2, 0.25) is 0 Å². The number of aliphatic imine (C=N–C) groups is 2. The molecule has 0 aliphatic carbocycles. The van der Waals surface area contributed by atoms with E-state index in [1.165, 1.54) is 0 Å². The molecule has 16 heteroatoms. The van der Waals surface area contributed by atoms with E-state index < -0.39 is 22.7 Å². The molecular weight excluding hydrogens is 657 g/mol. The standard InChI is InChI=1S/C10H17N3O3S.C10H17N3O2S.CH4.FH.H2IP/c11-10-12-6-5-17(16)7(9(6)13-10)3-1-2-4-8(14)15;11-10-12-6-5-16-7(9(6)13-10)3-1-2-4-8(14)15;;;1-2/h6-7,9H,1-5H2,(H,14,15)(H3,11,12,13);6-7,9H,1-5H2,(H,14,15)(H3,11,12,13);1H4;1H;2H2/t6?,7-,9-,17?;6?,7-,9-;;;/m00.../s1. The van der Waals surface area contributed by atoms with E-state index in [0.717, 1.165) is 37.9 Å². The molecule has 0 bridgehead atoms. The van der Waals surface area contributed by atoms with Gasteiger partial charge in [0.1, 0.15) is 0 Å². The Bertz CT molecular complexity index is 830. The summed E-state index contributed by atoms with van der Waals surface area (Å²) < 4.78 is 11.9. The molecule has 4 heterocycles. The Balaban J connectivity index is 0.000000626. The van der Waals surface area contributed by atoms with Crippen LogP contribution in [0.25, 0.3) is 0 Å². The fraction of sp³-hybridized carbons (Fsp3) is 0.810. The summed E-state index contributed by atoms with van der Waals surface area (Å²) in [5.74, 6) is 1.16. The van der Waals surface area contributed by atoms with E-state index in [1.54, 1.807) is 0 Å². The first-order valence-electron chi connectivity index (χ1n) is 11.6. The Kier molecular flexibility index (Phi) is 17.9. The minimum atomic E-state index is -0.871. The van der Waals surface area contributed by atoms with Crippen LogP contribution in [0.4, 0.5) is 4.70 Å². The monoisotopic (exact) mass is 698 g/mol. The van der Waals surface area contributed by atoms with E-state index in [-0.39, 0.29) is 42.3 Å². The van der Waals surface area contributed by atoms with Gasteiger partial charge in [0.15, 0.2) is 11.9 Å². The molecule has 11 nitrogen and oxygen atoms in total. The van der Waals surface area contributed by atoms with Crippen LogP contribution in [0.1, 0.15) is 58.8 Å². The van der Waals surface area contributed by atoms with Crippen LogP contribution >= 0.6 is 40.7 Å². The highest BCUT2D eigenvalue weighted by atomic mass is 127. The maximum atomic E-state index is 11.9. The van der Waals surface area contributed by atoms with Crippen LogP contribution in [-0.2, 0) is 20.4 Å². The van der Waals surface area contributed by atoms with Crippen molar-refractivity contribution in [2.75, 3.05) is 11.5 Å². The number of nitrogens with two attached hydrogens (primary N) is 2. The fourth-order valence-electron chi connectivity index (χ4n) is 4.67. The highest BCUT2D eigenvalue weighted by Gasteiger charge is 2.44. The first kappa shape index (κ1) is 36.1. The molecule has 0 aromatic heterocycles. The SMILES string of the molecule is C.F.NC1=N[C@H]2C(CS(=O)[C@H]2CCCCC(=O)O)N1.NC1=N[C@H]2C(CS[C@H]2CCCCC(=O)O)N1.PI. The lowest BCUT2D eigenvalue weighted by molar-refractivity contribution is -0.138. The second-order valence-electron chi connectivity index (χ2n) is 8.75. The third kappa shape index (κ3) is 11.4. The zero-order valence-electron chi connectivity index (χ0n) is 19.9. The van der Waals surface area contributed by atoms with Gasteiger partial charge in [0.2, 0.25) is 0 Å². The summed E-state index contributed by atoms with van der Waals surface area (Å²) in [7, 11) is -0.871. The topological polar surface area (TPSA) is 192 Å². The maximum absolute atomic E-state index is 11.9. The number of unbranched alkanes of at least 4 members (excludes halogenated alkanes) is 2. The molecule has 4 unspecified atom stereocenters. The summed E-state index contributed by atoms with van der Waals surface area (Å²) in [5, 5.41) is 23.8. The van der Waals surface area contributed by atoms with E-state index in [0.29, 0.717) is 41.4 Å². The molecule has 0 radical (unpaired) electrons. The summed E-state index contributed by atoms with van der Waals surface area (Å²) in [4.78, 5) is 29.4. The fourth-order valence-corrected chi connectivity index (χ4v) is 8.06. The molecular formula is C21H41FIN6O5PS2. The molecule has 0 saturated carbocycles. The molecule has 4 aliphatic heterocycles. The number of aliphatic carboxylic acids is 2. The molecule has 37 heavy (non-hydrogen) atoms. The smallest absolute Gasteiger partial charge is 0.303 e. The number of hydrogen-bond acceptors (Lipinski definition) is 10. The number of fused-ring (bicyclic) bond motifs is 2. The lowest BCUT2D eigenvalue weighted by atomic mass is 10.0. The minimum absolute atomic E-state index is 0. The number of carboxylic acid groups (broad SMARTS) is 2. The maximum Gasteiger partial charge on any atom is 0.303 e. The number of nitrogens with one attached hydrogen (secondary N) is 2. The summed E-state index contributed by atoms with van der Waals surface area (Å²) in [6.07, 6.45) is 5.39. The average molecular weight is 699 g/mol. The van der Waals surface area contributed by atoms with Gasteiger partial charge in [0, 0.05) is 40.4 Å². The van der Waals surface area contributed by atoms with Crippen molar-refractivity contribution < 1.29 is 28.7 Å². The van der Waals surface area contributed by atoms with Gasteiger partial charge in [-0.25, -0.2) is 9.98 Å². The molecule has 8 atom stereocenters. The number of halogens is 2. The van der Waals surface area contributed by atoms with Crippen LogP contribution in [0, 0.1) is 0 Å². The Morgan fingerprint density at radius 3 is 2.05 bits per heavy atom. The number of rotatable bonds is 10. The second-order valence-corrected chi connectivity index (χ2v) is 11.7. The van der Waals surface area contributed by atoms with Crippen LogP contribution in [0.15, 0.2) is 9.98 Å². The Morgan fingerprint density at radius 2 is 1.49 bits per heavy atom. The summed E-state index contributed by atoms with van der Waals surface area (Å²) in [6.45, 7) is 2.39. The predicted molar refractivity (Wildman–Crippen MR) is 163 cm³/mol. The molecule has 2 fully saturated rings. The van der Waals surface area contributed by atoms with E-state index in [9.17, 15) is 13.8 Å². The van der Waals surface area contributed by atoms with Crippen molar-refractivity contribution in [1.82, 2.24) is 10.6 Å². The zero-order valence-corrected chi connectivity index (χ0v) is 24.8. The van der Waals surface area contributed by atoms with E-state index in [4.69, 9.17) is 21.7 Å². The molecule has 2 saturated heterocycles. The summed E-state index contributed by atoms with van der Waals surface area (Å²) in [5.41, 5.74) is 11.2. The average Bonchev–Trinajstić information content (AvgIpc) is 3.52. The van der Waals surface area contributed by atoms with Gasteiger partial charge in [-0.15, -0.1) is 0 Å². The number of carboxylic acids is 2. The van der Waals surface area contributed by atoms with Gasteiger partial charge in [-0.1, -0.05) is 49.2 Å². The van der Waals surface area contributed by atoms with Crippen LogP contribution in [0.5, 0.6) is 0 Å². The van der Waals surface area contributed by atoms with E-state index in [1.807, 2.05) is 11.8 Å². The molecule has 8 N–H and O–H groups in total. The Morgan fingerprint density at radius 1 is 0.973 bits per heavy atom. The first-order chi connectivity index (χ1) is 16.7. The summed E-state index contributed by atoms with van der Waals surface area (Å²) >= 11 is 3.99. The number of guanidine groups is 2. The van der Waals surface area contributed by atoms with Crippen molar-refractivity contribution in [1.29, 1.82) is 0 Å². The van der Waals surface area contributed by atoms with Crippen LogP contribution in [0.3, 0.4) is 0 Å². The first-order valence-corrected chi connectivity index (χ1v) is 18.2. The van der Waals surface area contributed by atoms with Gasteiger partial charge in [-0.05, 0) is 25.7 Å². The number of carbonyl (C=O) groups is 2. The number of hydrogen-bond donors (Lipinski definition) is 6. The normalized spacial score (nSPS) is 30.2. The van der Waals surface area contributed by atoms with Crippen molar-refractivity contribution in [2.45, 2.75) is 93.5 Å². The Hall–Kier alpha value is -0.930. The van der Waals surface area contributed by atoms with Gasteiger partial charge < -0.3 is 32.3 Å². The molecule has 4 rings (SSSR count). The third-order valence-electron chi connectivity index (χ3n) is 6.26. The largest absolute Gasteiger partial charge is 0.481 e. The molecule has 0 amide bonds. The van der Waals surface area contributed by atoms with Gasteiger partial charge in [0.05, 0.1) is 29.4 Å². The molecule has 4 aliphatic rings. The third-order valence-corrected chi connectivity index (χ3v) is 9.63. The van der Waals surface area contributed by atoms with Crippen molar-refractivity contribution in [3.63, 3.8) is 0 Å². The van der Waals surface area contributed by atoms with E-state index >= 15 is 0 Å². The second kappa shape index (κ2) is 18.4. The molecule has 0 aromatic carbocycles. The lowest BCUT2D eigenvalue weighted by Crippen LogP contribution is -2.38. The van der Waals surface area contributed by atoms with Gasteiger partial charge in [-0.3, -0.25) is 18.5 Å².